The van der Waals surface area contributed by atoms with Crippen molar-refractivity contribution < 1.29 is 19.2 Å². The minimum Gasteiger partial charge on any atom is -0.497 e. The van der Waals surface area contributed by atoms with E-state index in [1.54, 1.807) is 7.11 Å². The summed E-state index contributed by atoms with van der Waals surface area (Å²) < 4.78 is 10.7. The number of morpholine rings is 1. The Labute approximate surface area is 173 Å². The number of nitrogens with zero attached hydrogens (tertiary/aromatic N) is 2. The van der Waals surface area contributed by atoms with Crippen molar-refractivity contribution in [2.75, 3.05) is 40.0 Å². The second-order valence-corrected chi connectivity index (χ2v) is 6.98. The Hall–Kier alpha value is -2.68. The lowest BCUT2D eigenvalue weighted by molar-refractivity contribution is -0.384. The largest absolute Gasteiger partial charge is 0.497 e. The first-order valence-electron chi connectivity index (χ1n) is 9.17. The van der Waals surface area contributed by atoms with Crippen molar-refractivity contribution >= 4 is 23.2 Å². The molecule has 0 bridgehead atoms. The number of nitro benzene ring substituents is 1. The zero-order valence-electron chi connectivity index (χ0n) is 16.0. The second kappa shape index (κ2) is 9.69. The predicted molar refractivity (Wildman–Crippen MR) is 109 cm³/mol. The summed E-state index contributed by atoms with van der Waals surface area (Å²) in [5, 5.41) is 13.8. The van der Waals surface area contributed by atoms with Crippen LogP contribution in [0.1, 0.15) is 22.0 Å². The molecule has 1 aliphatic rings. The average Bonchev–Trinajstić information content (AvgIpc) is 2.74. The molecular weight excluding hydrogens is 398 g/mol. The van der Waals surface area contributed by atoms with E-state index in [1.807, 2.05) is 24.3 Å². The van der Waals surface area contributed by atoms with E-state index < -0.39 is 4.92 Å². The quantitative estimate of drug-likeness (QED) is 0.547. The molecule has 0 spiro atoms. The summed E-state index contributed by atoms with van der Waals surface area (Å²) in [7, 11) is 1.61. The smallest absolute Gasteiger partial charge is 0.270 e. The van der Waals surface area contributed by atoms with Crippen molar-refractivity contribution in [3.8, 4) is 5.75 Å². The van der Waals surface area contributed by atoms with E-state index in [2.05, 4.69) is 10.2 Å². The molecule has 1 saturated heterocycles. The molecule has 1 heterocycles. The molecule has 2 aromatic carbocycles. The summed E-state index contributed by atoms with van der Waals surface area (Å²) in [4.78, 5) is 25.2. The van der Waals surface area contributed by atoms with Gasteiger partial charge in [0.2, 0.25) is 0 Å². The Bertz CT molecular complexity index is 869. The van der Waals surface area contributed by atoms with E-state index >= 15 is 0 Å². The molecule has 3 rings (SSSR count). The standard InChI is InChI=1S/C20H22ClN3O5/c1-28-16-5-2-14(3-6-16)19(23-8-10-29-11-9-23)13-22-20(25)17-7-4-15(24(26)27)12-18(17)21/h2-7,12,19H,8-11,13H2,1H3,(H,22,25)/t19-/m1/s1. The van der Waals surface area contributed by atoms with Gasteiger partial charge in [-0.15, -0.1) is 0 Å². The number of ether oxygens (including phenoxy) is 2. The van der Waals surface area contributed by atoms with Crippen LogP contribution >= 0.6 is 11.6 Å². The molecule has 0 aliphatic carbocycles. The predicted octanol–water partition coefficient (Wildman–Crippen LogP) is 3.06. The van der Waals surface area contributed by atoms with Gasteiger partial charge in [0.25, 0.3) is 11.6 Å². The normalized spacial score (nSPS) is 15.5. The number of hydrogen-bond donors (Lipinski definition) is 1. The minimum absolute atomic E-state index is 0.0454. The highest BCUT2D eigenvalue weighted by atomic mass is 35.5. The molecule has 0 saturated carbocycles. The number of carbonyl (C=O) groups is 1. The fourth-order valence-electron chi connectivity index (χ4n) is 3.26. The van der Waals surface area contributed by atoms with E-state index in [1.165, 1.54) is 18.2 Å². The molecule has 0 radical (unpaired) electrons. The molecule has 1 atom stereocenters. The average molecular weight is 420 g/mol. The number of carbonyl (C=O) groups excluding carboxylic acids is 1. The van der Waals surface area contributed by atoms with Crippen molar-refractivity contribution in [1.29, 1.82) is 0 Å². The summed E-state index contributed by atoms with van der Waals surface area (Å²) in [5.41, 5.74) is 1.09. The van der Waals surface area contributed by atoms with Crippen LogP contribution < -0.4 is 10.1 Å². The Balaban J connectivity index is 1.75. The highest BCUT2D eigenvalue weighted by Crippen LogP contribution is 2.25. The Morgan fingerprint density at radius 2 is 1.97 bits per heavy atom. The van der Waals surface area contributed by atoms with Crippen LogP contribution in [0.4, 0.5) is 5.69 Å². The van der Waals surface area contributed by atoms with Crippen molar-refractivity contribution in [3.05, 3.63) is 68.7 Å². The van der Waals surface area contributed by atoms with Gasteiger partial charge in [-0.2, -0.15) is 0 Å². The maximum absolute atomic E-state index is 12.6. The molecule has 9 heteroatoms. The molecule has 29 heavy (non-hydrogen) atoms. The van der Waals surface area contributed by atoms with E-state index in [9.17, 15) is 14.9 Å². The van der Waals surface area contributed by atoms with Gasteiger partial charge >= 0.3 is 0 Å². The molecule has 2 aromatic rings. The third-order valence-corrected chi connectivity index (χ3v) is 5.16. The van der Waals surface area contributed by atoms with Crippen LogP contribution in [0.2, 0.25) is 5.02 Å². The maximum Gasteiger partial charge on any atom is 0.270 e. The summed E-state index contributed by atoms with van der Waals surface area (Å²) >= 11 is 6.08. The fourth-order valence-corrected chi connectivity index (χ4v) is 3.52. The van der Waals surface area contributed by atoms with Crippen LogP contribution in [0, 0.1) is 10.1 Å². The van der Waals surface area contributed by atoms with Crippen molar-refractivity contribution in [3.63, 3.8) is 0 Å². The molecule has 1 amide bonds. The summed E-state index contributed by atoms with van der Waals surface area (Å²) in [6.45, 7) is 3.14. The van der Waals surface area contributed by atoms with E-state index in [0.29, 0.717) is 19.8 Å². The third kappa shape index (κ3) is 5.23. The van der Waals surface area contributed by atoms with E-state index in [4.69, 9.17) is 21.1 Å². The zero-order valence-corrected chi connectivity index (χ0v) is 16.7. The minimum atomic E-state index is -0.550. The lowest BCUT2D eigenvalue weighted by Gasteiger charge is -2.35. The van der Waals surface area contributed by atoms with Crippen molar-refractivity contribution in [1.82, 2.24) is 10.2 Å². The van der Waals surface area contributed by atoms with Gasteiger partial charge in [0.05, 0.1) is 41.9 Å². The number of non-ortho nitro benzene ring substituents is 1. The zero-order chi connectivity index (χ0) is 20.8. The van der Waals surface area contributed by atoms with Crippen LogP contribution in [0.5, 0.6) is 5.75 Å². The SMILES string of the molecule is COc1ccc([C@@H](CNC(=O)c2ccc([N+](=O)[O-])cc2Cl)N2CCOCC2)cc1. The number of halogens is 1. The van der Waals surface area contributed by atoms with E-state index in [0.717, 1.165) is 24.4 Å². The highest BCUT2D eigenvalue weighted by Gasteiger charge is 2.24. The van der Waals surface area contributed by atoms with Gasteiger partial charge in [0.15, 0.2) is 0 Å². The van der Waals surface area contributed by atoms with Gasteiger partial charge in [-0.3, -0.25) is 19.8 Å². The summed E-state index contributed by atoms with van der Waals surface area (Å²) in [6.07, 6.45) is 0. The Morgan fingerprint density at radius 1 is 1.28 bits per heavy atom. The van der Waals surface area contributed by atoms with Crippen LogP contribution in [0.3, 0.4) is 0 Å². The molecule has 1 N–H and O–H groups in total. The summed E-state index contributed by atoms with van der Waals surface area (Å²) in [5.74, 6) is 0.382. The molecule has 0 unspecified atom stereocenters. The van der Waals surface area contributed by atoms with Crippen molar-refractivity contribution in [2.24, 2.45) is 0 Å². The molecule has 8 nitrogen and oxygen atoms in total. The van der Waals surface area contributed by atoms with Gasteiger partial charge < -0.3 is 14.8 Å². The number of rotatable bonds is 7. The van der Waals surface area contributed by atoms with Gasteiger partial charge in [-0.1, -0.05) is 23.7 Å². The van der Waals surface area contributed by atoms with Gasteiger partial charge in [-0.25, -0.2) is 0 Å². The molecular formula is C20H22ClN3O5. The lowest BCUT2D eigenvalue weighted by Crippen LogP contribution is -2.43. The molecule has 1 fully saturated rings. The summed E-state index contributed by atoms with van der Waals surface area (Å²) in [6, 6.07) is 11.5. The fraction of sp³-hybridized carbons (Fsp3) is 0.350. The number of hydrogen-bond acceptors (Lipinski definition) is 6. The van der Waals surface area contributed by atoms with E-state index in [-0.39, 0.29) is 28.2 Å². The number of methoxy groups -OCH3 is 1. The van der Waals surface area contributed by atoms with Gasteiger partial charge in [-0.05, 0) is 23.8 Å². The second-order valence-electron chi connectivity index (χ2n) is 6.57. The molecule has 1 aliphatic heterocycles. The topological polar surface area (TPSA) is 93.9 Å². The van der Waals surface area contributed by atoms with Crippen molar-refractivity contribution in [2.45, 2.75) is 6.04 Å². The highest BCUT2D eigenvalue weighted by molar-refractivity contribution is 6.34. The number of amides is 1. The number of nitrogens with one attached hydrogen (secondary N) is 1. The Kier molecular flexibility index (Phi) is 7.03. The van der Waals surface area contributed by atoms with Crippen LogP contribution in [-0.4, -0.2) is 55.7 Å². The van der Waals surface area contributed by atoms with Gasteiger partial charge in [0.1, 0.15) is 5.75 Å². The Morgan fingerprint density at radius 3 is 2.55 bits per heavy atom. The number of benzene rings is 2. The molecule has 154 valence electrons. The van der Waals surface area contributed by atoms with Crippen LogP contribution in [0.15, 0.2) is 42.5 Å². The lowest BCUT2D eigenvalue weighted by atomic mass is 10.0. The van der Waals surface area contributed by atoms with Crippen LogP contribution in [0.25, 0.3) is 0 Å². The third-order valence-electron chi connectivity index (χ3n) is 4.85. The monoisotopic (exact) mass is 419 g/mol. The van der Waals surface area contributed by atoms with Crippen LogP contribution in [-0.2, 0) is 4.74 Å². The first kappa shape index (κ1) is 21.0. The molecule has 0 aromatic heterocycles. The first-order chi connectivity index (χ1) is 14.0. The first-order valence-corrected chi connectivity index (χ1v) is 9.55. The van der Waals surface area contributed by atoms with Gasteiger partial charge in [0, 0.05) is 31.8 Å². The number of nitro groups is 1. The maximum atomic E-state index is 12.6.